The van der Waals surface area contributed by atoms with Gasteiger partial charge in [-0.3, -0.25) is 4.79 Å². The second-order valence-electron chi connectivity index (χ2n) is 5.98. The molecule has 2 aromatic carbocycles. The lowest BCUT2D eigenvalue weighted by Crippen LogP contribution is -2.41. The number of carbonyl (C=O) groups excluding carboxylic acids is 2. The van der Waals surface area contributed by atoms with Crippen LogP contribution in [0.2, 0.25) is 0 Å². The van der Waals surface area contributed by atoms with Gasteiger partial charge in [-0.05, 0) is 43.2 Å². The van der Waals surface area contributed by atoms with E-state index in [1.165, 1.54) is 12.5 Å². The Kier molecular flexibility index (Phi) is 5.41. The second-order valence-corrected chi connectivity index (χ2v) is 5.98. The van der Waals surface area contributed by atoms with Crippen LogP contribution >= 0.6 is 0 Å². The van der Waals surface area contributed by atoms with Crippen molar-refractivity contribution in [1.82, 2.24) is 0 Å². The van der Waals surface area contributed by atoms with Crippen LogP contribution < -0.4 is 14.8 Å². The highest BCUT2D eigenvalue weighted by Gasteiger charge is 2.31. The number of anilines is 1. The SMILES string of the molecule is CCc1ccc(NC(=O)[C@H](C)OC(=O)[C@@H]2COc3ccccc3O2)cc1. The number of hydrogen-bond acceptors (Lipinski definition) is 5. The van der Waals surface area contributed by atoms with E-state index >= 15 is 0 Å². The van der Waals surface area contributed by atoms with Crippen LogP contribution in [0.4, 0.5) is 5.69 Å². The van der Waals surface area contributed by atoms with E-state index in [9.17, 15) is 9.59 Å². The van der Waals surface area contributed by atoms with Gasteiger partial charge >= 0.3 is 5.97 Å². The number of hydrogen-bond donors (Lipinski definition) is 1. The molecule has 0 spiro atoms. The van der Waals surface area contributed by atoms with Gasteiger partial charge in [0.2, 0.25) is 6.10 Å². The molecule has 3 rings (SSSR count). The molecule has 1 heterocycles. The lowest BCUT2D eigenvalue weighted by Gasteiger charge is -2.25. The Labute approximate surface area is 152 Å². The monoisotopic (exact) mass is 355 g/mol. The first-order chi connectivity index (χ1) is 12.6. The molecule has 0 saturated heterocycles. The molecule has 1 aliphatic heterocycles. The maximum absolute atomic E-state index is 12.3. The third kappa shape index (κ3) is 4.14. The fourth-order valence-electron chi connectivity index (χ4n) is 2.51. The predicted molar refractivity (Wildman–Crippen MR) is 96.4 cm³/mol. The Morgan fingerprint density at radius 3 is 2.54 bits per heavy atom. The van der Waals surface area contributed by atoms with Crippen molar-refractivity contribution in [2.45, 2.75) is 32.5 Å². The Morgan fingerprint density at radius 2 is 1.85 bits per heavy atom. The standard InChI is InChI=1S/C20H21NO5/c1-3-14-8-10-15(11-9-14)21-19(22)13(2)25-20(23)18-12-24-16-6-4-5-7-17(16)26-18/h4-11,13,18H,3,12H2,1-2H3,(H,21,22)/t13-,18-/m0/s1. The van der Waals surface area contributed by atoms with Crippen molar-refractivity contribution in [3.8, 4) is 11.5 Å². The molecule has 1 N–H and O–H groups in total. The smallest absolute Gasteiger partial charge is 0.351 e. The van der Waals surface area contributed by atoms with Crippen LogP contribution in [-0.2, 0) is 20.7 Å². The van der Waals surface area contributed by atoms with Gasteiger partial charge in [0.25, 0.3) is 5.91 Å². The fourth-order valence-corrected chi connectivity index (χ4v) is 2.51. The summed E-state index contributed by atoms with van der Waals surface area (Å²) in [5.41, 5.74) is 1.83. The molecular formula is C20H21NO5. The zero-order valence-corrected chi connectivity index (χ0v) is 14.7. The molecule has 0 bridgehead atoms. The largest absolute Gasteiger partial charge is 0.485 e. The van der Waals surface area contributed by atoms with E-state index in [4.69, 9.17) is 14.2 Å². The summed E-state index contributed by atoms with van der Waals surface area (Å²) in [7, 11) is 0. The summed E-state index contributed by atoms with van der Waals surface area (Å²) < 4.78 is 16.3. The van der Waals surface area contributed by atoms with Gasteiger partial charge in [0.1, 0.15) is 6.61 Å². The number of nitrogens with one attached hydrogen (secondary N) is 1. The summed E-state index contributed by atoms with van der Waals surface area (Å²) >= 11 is 0. The molecule has 6 nitrogen and oxygen atoms in total. The first-order valence-corrected chi connectivity index (χ1v) is 8.55. The molecule has 1 aliphatic rings. The van der Waals surface area contributed by atoms with E-state index in [-0.39, 0.29) is 6.61 Å². The third-order valence-corrected chi connectivity index (χ3v) is 4.06. The van der Waals surface area contributed by atoms with Crippen LogP contribution in [0.25, 0.3) is 0 Å². The van der Waals surface area contributed by atoms with Gasteiger partial charge in [0, 0.05) is 5.69 Å². The summed E-state index contributed by atoms with van der Waals surface area (Å²) in [5, 5.41) is 2.73. The van der Waals surface area contributed by atoms with Gasteiger partial charge in [-0.2, -0.15) is 0 Å². The number of ether oxygens (including phenoxy) is 3. The summed E-state index contributed by atoms with van der Waals surface area (Å²) in [5.74, 6) is 0.0231. The van der Waals surface area contributed by atoms with Crippen LogP contribution in [0.15, 0.2) is 48.5 Å². The first kappa shape index (κ1) is 17.8. The lowest BCUT2D eigenvalue weighted by atomic mass is 10.1. The zero-order chi connectivity index (χ0) is 18.5. The van der Waals surface area contributed by atoms with Crippen LogP contribution in [0.1, 0.15) is 19.4 Å². The van der Waals surface area contributed by atoms with Gasteiger partial charge in [0.05, 0.1) is 0 Å². The van der Waals surface area contributed by atoms with Gasteiger partial charge < -0.3 is 19.5 Å². The van der Waals surface area contributed by atoms with Crippen molar-refractivity contribution in [2.75, 3.05) is 11.9 Å². The molecule has 2 atom stereocenters. The number of carbonyl (C=O) groups is 2. The highest BCUT2D eigenvalue weighted by Crippen LogP contribution is 2.31. The molecule has 0 unspecified atom stereocenters. The van der Waals surface area contributed by atoms with Crippen molar-refractivity contribution < 1.29 is 23.8 Å². The molecule has 0 aliphatic carbocycles. The zero-order valence-electron chi connectivity index (χ0n) is 14.7. The fraction of sp³-hybridized carbons (Fsp3) is 0.300. The highest BCUT2D eigenvalue weighted by atomic mass is 16.6. The van der Waals surface area contributed by atoms with Gasteiger partial charge in [-0.1, -0.05) is 31.2 Å². The van der Waals surface area contributed by atoms with Crippen molar-refractivity contribution in [2.24, 2.45) is 0 Å². The maximum atomic E-state index is 12.3. The van der Waals surface area contributed by atoms with E-state index in [0.717, 1.165) is 6.42 Å². The minimum absolute atomic E-state index is 0.0443. The average molecular weight is 355 g/mol. The number of aryl methyl sites for hydroxylation is 1. The van der Waals surface area contributed by atoms with E-state index < -0.39 is 24.1 Å². The maximum Gasteiger partial charge on any atom is 0.351 e. The minimum atomic E-state index is -0.950. The number of para-hydroxylation sites is 2. The Morgan fingerprint density at radius 1 is 1.15 bits per heavy atom. The van der Waals surface area contributed by atoms with Crippen molar-refractivity contribution in [1.29, 1.82) is 0 Å². The average Bonchev–Trinajstić information content (AvgIpc) is 2.68. The van der Waals surface area contributed by atoms with Crippen molar-refractivity contribution >= 4 is 17.6 Å². The van der Waals surface area contributed by atoms with Gasteiger partial charge in [-0.15, -0.1) is 0 Å². The summed E-state index contributed by atoms with van der Waals surface area (Å²) in [6, 6.07) is 14.6. The lowest BCUT2D eigenvalue weighted by molar-refractivity contribution is -0.162. The second kappa shape index (κ2) is 7.91. The molecule has 26 heavy (non-hydrogen) atoms. The number of benzene rings is 2. The molecule has 2 aromatic rings. The van der Waals surface area contributed by atoms with Crippen LogP contribution in [-0.4, -0.2) is 30.7 Å². The molecule has 136 valence electrons. The van der Waals surface area contributed by atoms with Gasteiger partial charge in [0.15, 0.2) is 17.6 Å². The predicted octanol–water partition coefficient (Wildman–Crippen LogP) is 2.96. The minimum Gasteiger partial charge on any atom is -0.485 e. The molecule has 1 amide bonds. The molecule has 0 radical (unpaired) electrons. The summed E-state index contributed by atoms with van der Waals surface area (Å²) in [6.07, 6.45) is -0.924. The van der Waals surface area contributed by atoms with Crippen molar-refractivity contribution in [3.05, 3.63) is 54.1 Å². The van der Waals surface area contributed by atoms with E-state index in [0.29, 0.717) is 17.2 Å². The third-order valence-electron chi connectivity index (χ3n) is 4.06. The van der Waals surface area contributed by atoms with E-state index in [1.54, 1.807) is 18.2 Å². The molecule has 0 aromatic heterocycles. The molecule has 6 heteroatoms. The number of amides is 1. The Bertz CT molecular complexity index is 787. The first-order valence-electron chi connectivity index (χ1n) is 8.55. The van der Waals surface area contributed by atoms with Gasteiger partial charge in [-0.25, -0.2) is 4.79 Å². The quantitative estimate of drug-likeness (QED) is 0.835. The Hall–Kier alpha value is -3.02. The Balaban J connectivity index is 1.54. The molecule has 0 saturated carbocycles. The molecular weight excluding hydrogens is 334 g/mol. The van der Waals surface area contributed by atoms with E-state index in [2.05, 4.69) is 12.2 Å². The molecule has 0 fully saturated rings. The van der Waals surface area contributed by atoms with Crippen LogP contribution in [0.5, 0.6) is 11.5 Å². The highest BCUT2D eigenvalue weighted by molar-refractivity contribution is 5.95. The number of esters is 1. The van der Waals surface area contributed by atoms with E-state index in [1.807, 2.05) is 30.3 Å². The number of rotatable bonds is 5. The van der Waals surface area contributed by atoms with Crippen LogP contribution in [0.3, 0.4) is 0 Å². The topological polar surface area (TPSA) is 73.9 Å². The number of fused-ring (bicyclic) bond motifs is 1. The van der Waals surface area contributed by atoms with Crippen LogP contribution in [0, 0.1) is 0 Å². The summed E-state index contributed by atoms with van der Waals surface area (Å²) in [4.78, 5) is 24.5. The normalized spacial score (nSPS) is 16.5. The van der Waals surface area contributed by atoms with Crippen molar-refractivity contribution in [3.63, 3.8) is 0 Å². The summed E-state index contributed by atoms with van der Waals surface area (Å²) in [6.45, 7) is 3.62.